The summed E-state index contributed by atoms with van der Waals surface area (Å²) in [6.45, 7) is 9.78. The summed E-state index contributed by atoms with van der Waals surface area (Å²) in [5, 5.41) is 0. The lowest BCUT2D eigenvalue weighted by Gasteiger charge is -2.44. The molecule has 1 atom stereocenters. The van der Waals surface area contributed by atoms with Gasteiger partial charge in [0.1, 0.15) is 18.0 Å². The van der Waals surface area contributed by atoms with Crippen LogP contribution in [-0.2, 0) is 9.47 Å². The van der Waals surface area contributed by atoms with Gasteiger partial charge in [-0.15, -0.1) is 0 Å². The lowest BCUT2D eigenvalue weighted by molar-refractivity contribution is -0.00643. The van der Waals surface area contributed by atoms with E-state index in [0.717, 1.165) is 57.4 Å². The molecule has 2 saturated heterocycles. The molecule has 0 amide bonds. The van der Waals surface area contributed by atoms with Crippen LogP contribution >= 0.6 is 0 Å². The lowest BCUT2D eigenvalue weighted by Crippen LogP contribution is -2.49. The fourth-order valence-electron chi connectivity index (χ4n) is 3.44. The number of anilines is 2. The average molecular weight is 306 g/mol. The van der Waals surface area contributed by atoms with Gasteiger partial charge >= 0.3 is 0 Å². The van der Waals surface area contributed by atoms with Crippen LogP contribution in [0.2, 0.25) is 0 Å². The van der Waals surface area contributed by atoms with Crippen LogP contribution in [0.3, 0.4) is 0 Å². The summed E-state index contributed by atoms with van der Waals surface area (Å²) in [4.78, 5) is 13.5. The highest BCUT2D eigenvalue weighted by Gasteiger charge is 2.36. The zero-order valence-corrected chi connectivity index (χ0v) is 13.8. The maximum absolute atomic E-state index is 5.63. The standard InChI is InChI=1S/C16H26N4O2/c1-16(2)11-20(5-4-13(16)21-3)15-10-14(17-12-18-15)19-6-8-22-9-7-19/h10,12-13H,4-9,11H2,1-3H3. The zero-order chi connectivity index (χ0) is 15.6. The van der Waals surface area contributed by atoms with E-state index in [2.05, 4.69) is 39.7 Å². The van der Waals surface area contributed by atoms with Gasteiger partial charge in [-0.1, -0.05) is 13.8 Å². The molecule has 2 fully saturated rings. The number of aromatic nitrogens is 2. The maximum Gasteiger partial charge on any atom is 0.134 e. The van der Waals surface area contributed by atoms with Crippen molar-refractivity contribution >= 4 is 11.6 Å². The van der Waals surface area contributed by atoms with Crippen molar-refractivity contribution in [2.75, 3.05) is 56.3 Å². The second-order valence-electron chi connectivity index (χ2n) is 6.76. The molecular formula is C16H26N4O2. The Kier molecular flexibility index (Phi) is 4.49. The first-order valence-corrected chi connectivity index (χ1v) is 8.02. The van der Waals surface area contributed by atoms with E-state index in [0.29, 0.717) is 6.10 Å². The van der Waals surface area contributed by atoms with Gasteiger partial charge in [-0.3, -0.25) is 0 Å². The SMILES string of the molecule is COC1CCN(c2cc(N3CCOCC3)ncn2)CC1(C)C. The Hall–Kier alpha value is -1.40. The molecule has 0 bridgehead atoms. The Labute approximate surface area is 132 Å². The largest absolute Gasteiger partial charge is 0.381 e. The highest BCUT2D eigenvalue weighted by molar-refractivity contribution is 5.50. The van der Waals surface area contributed by atoms with E-state index in [1.165, 1.54) is 0 Å². The van der Waals surface area contributed by atoms with Crippen molar-refractivity contribution in [1.82, 2.24) is 9.97 Å². The van der Waals surface area contributed by atoms with E-state index in [-0.39, 0.29) is 5.41 Å². The highest BCUT2D eigenvalue weighted by atomic mass is 16.5. The van der Waals surface area contributed by atoms with Gasteiger partial charge in [-0.2, -0.15) is 0 Å². The zero-order valence-electron chi connectivity index (χ0n) is 13.8. The smallest absolute Gasteiger partial charge is 0.134 e. The molecule has 0 saturated carbocycles. The molecule has 6 heteroatoms. The van der Waals surface area contributed by atoms with Crippen molar-refractivity contribution in [2.45, 2.75) is 26.4 Å². The van der Waals surface area contributed by atoms with E-state index in [9.17, 15) is 0 Å². The van der Waals surface area contributed by atoms with Gasteiger partial charge in [-0.05, 0) is 6.42 Å². The Bertz CT molecular complexity index is 503. The molecule has 22 heavy (non-hydrogen) atoms. The summed E-state index contributed by atoms with van der Waals surface area (Å²) in [5.74, 6) is 2.01. The highest BCUT2D eigenvalue weighted by Crippen LogP contribution is 2.33. The van der Waals surface area contributed by atoms with Crippen molar-refractivity contribution < 1.29 is 9.47 Å². The van der Waals surface area contributed by atoms with Crippen molar-refractivity contribution in [3.63, 3.8) is 0 Å². The summed E-state index contributed by atoms with van der Waals surface area (Å²) in [6.07, 6.45) is 3.01. The number of hydrogen-bond acceptors (Lipinski definition) is 6. The molecule has 2 aliphatic heterocycles. The minimum Gasteiger partial charge on any atom is -0.381 e. The molecule has 0 aliphatic carbocycles. The first kappa shape index (κ1) is 15.5. The van der Waals surface area contributed by atoms with Crippen LogP contribution in [-0.4, -0.2) is 62.6 Å². The summed E-state index contributed by atoms with van der Waals surface area (Å²) in [5.41, 5.74) is 0.122. The molecule has 3 rings (SSSR count). The topological polar surface area (TPSA) is 50.7 Å². The van der Waals surface area contributed by atoms with Crippen molar-refractivity contribution in [3.8, 4) is 0 Å². The fourth-order valence-corrected chi connectivity index (χ4v) is 3.44. The molecule has 3 heterocycles. The number of methoxy groups -OCH3 is 1. The quantitative estimate of drug-likeness (QED) is 0.845. The Morgan fingerprint density at radius 1 is 1.14 bits per heavy atom. The first-order chi connectivity index (χ1) is 10.6. The molecule has 1 aromatic heterocycles. The molecule has 0 N–H and O–H groups in total. The van der Waals surface area contributed by atoms with Gasteiger partial charge in [0.25, 0.3) is 0 Å². The molecule has 1 unspecified atom stereocenters. The Morgan fingerprint density at radius 3 is 2.45 bits per heavy atom. The maximum atomic E-state index is 5.63. The summed E-state index contributed by atoms with van der Waals surface area (Å²) >= 11 is 0. The van der Waals surface area contributed by atoms with E-state index in [4.69, 9.17) is 9.47 Å². The third-order valence-electron chi connectivity index (χ3n) is 4.71. The van der Waals surface area contributed by atoms with Crippen LogP contribution < -0.4 is 9.80 Å². The van der Waals surface area contributed by atoms with E-state index < -0.39 is 0 Å². The fraction of sp³-hybridized carbons (Fsp3) is 0.750. The lowest BCUT2D eigenvalue weighted by atomic mass is 9.81. The average Bonchev–Trinajstić information content (AvgIpc) is 2.55. The second-order valence-corrected chi connectivity index (χ2v) is 6.76. The number of piperidine rings is 1. The predicted octanol–water partition coefficient (Wildman–Crippen LogP) is 1.56. The predicted molar refractivity (Wildman–Crippen MR) is 86.5 cm³/mol. The van der Waals surface area contributed by atoms with Crippen molar-refractivity contribution in [2.24, 2.45) is 5.41 Å². The van der Waals surface area contributed by atoms with Gasteiger partial charge in [-0.25, -0.2) is 9.97 Å². The molecule has 0 spiro atoms. The monoisotopic (exact) mass is 306 g/mol. The molecule has 122 valence electrons. The number of morpholine rings is 1. The third-order valence-corrected chi connectivity index (χ3v) is 4.71. The first-order valence-electron chi connectivity index (χ1n) is 8.02. The van der Waals surface area contributed by atoms with E-state index >= 15 is 0 Å². The van der Waals surface area contributed by atoms with Crippen LogP contribution in [0.4, 0.5) is 11.6 Å². The van der Waals surface area contributed by atoms with E-state index in [1.54, 1.807) is 6.33 Å². The van der Waals surface area contributed by atoms with Gasteiger partial charge in [0.15, 0.2) is 0 Å². The van der Waals surface area contributed by atoms with Gasteiger partial charge in [0.2, 0.25) is 0 Å². The van der Waals surface area contributed by atoms with Crippen LogP contribution in [0.1, 0.15) is 20.3 Å². The molecule has 1 aromatic rings. The van der Waals surface area contributed by atoms with Gasteiger partial charge in [0.05, 0.1) is 19.3 Å². The minimum absolute atomic E-state index is 0.122. The molecular weight excluding hydrogens is 280 g/mol. The number of hydrogen-bond donors (Lipinski definition) is 0. The Balaban J connectivity index is 1.75. The van der Waals surface area contributed by atoms with Crippen LogP contribution in [0.15, 0.2) is 12.4 Å². The number of ether oxygens (including phenoxy) is 2. The Morgan fingerprint density at radius 2 is 1.82 bits per heavy atom. The minimum atomic E-state index is 0.122. The third kappa shape index (κ3) is 3.17. The number of rotatable bonds is 3. The molecule has 6 nitrogen and oxygen atoms in total. The van der Waals surface area contributed by atoms with Crippen LogP contribution in [0.25, 0.3) is 0 Å². The van der Waals surface area contributed by atoms with Crippen molar-refractivity contribution in [3.05, 3.63) is 12.4 Å². The van der Waals surface area contributed by atoms with Gasteiger partial charge < -0.3 is 19.3 Å². The van der Waals surface area contributed by atoms with Crippen molar-refractivity contribution in [1.29, 1.82) is 0 Å². The normalized spacial score (nSPS) is 25.3. The van der Waals surface area contributed by atoms with E-state index in [1.807, 2.05) is 7.11 Å². The van der Waals surface area contributed by atoms with Crippen LogP contribution in [0, 0.1) is 5.41 Å². The summed E-state index contributed by atoms with van der Waals surface area (Å²) in [7, 11) is 1.81. The second kappa shape index (κ2) is 6.38. The summed E-state index contributed by atoms with van der Waals surface area (Å²) in [6, 6.07) is 2.11. The summed E-state index contributed by atoms with van der Waals surface area (Å²) < 4.78 is 11.0. The molecule has 2 aliphatic rings. The van der Waals surface area contributed by atoms with Gasteiger partial charge in [0, 0.05) is 44.8 Å². The molecule has 0 aromatic carbocycles. The number of nitrogens with zero attached hydrogens (tertiary/aromatic N) is 4. The van der Waals surface area contributed by atoms with Crippen LogP contribution in [0.5, 0.6) is 0 Å². The molecule has 0 radical (unpaired) electrons.